The molecule has 2 aliphatic heterocycles. The van der Waals surface area contributed by atoms with Crippen LogP contribution in [0.25, 0.3) is 0 Å². The van der Waals surface area contributed by atoms with Crippen LogP contribution in [0.5, 0.6) is 5.75 Å². The van der Waals surface area contributed by atoms with Crippen molar-refractivity contribution in [3.05, 3.63) is 59.7 Å². The molecule has 4 amide bonds. The molecule has 0 saturated carbocycles. The Balaban J connectivity index is 1.49. The van der Waals surface area contributed by atoms with Gasteiger partial charge in [0, 0.05) is 12.2 Å². The summed E-state index contributed by atoms with van der Waals surface area (Å²) in [6.45, 7) is 3.50. The van der Waals surface area contributed by atoms with Crippen molar-refractivity contribution in [3.8, 4) is 5.75 Å². The standard InChI is InChI=1S/C23H23N3O5/c1-23(2)14-24(12-20(28)26(23)15-8-10-16(31-3)11-9-15)19(27)13-25-21(29)17-6-4-5-7-18(17)22(25)30/h4-11H,12-14H2,1-3H3. The number of fused-ring (bicyclic) bond motifs is 1. The van der Waals surface area contributed by atoms with Crippen molar-refractivity contribution in [1.82, 2.24) is 9.80 Å². The van der Waals surface area contributed by atoms with Crippen LogP contribution < -0.4 is 9.64 Å². The van der Waals surface area contributed by atoms with Crippen molar-refractivity contribution < 1.29 is 23.9 Å². The molecule has 160 valence electrons. The van der Waals surface area contributed by atoms with Gasteiger partial charge in [0.2, 0.25) is 11.8 Å². The maximum Gasteiger partial charge on any atom is 0.262 e. The predicted molar refractivity (Wildman–Crippen MR) is 113 cm³/mol. The molecule has 0 N–H and O–H groups in total. The zero-order valence-corrected chi connectivity index (χ0v) is 17.6. The summed E-state index contributed by atoms with van der Waals surface area (Å²) in [5.74, 6) is -0.973. The number of anilines is 1. The number of nitrogens with zero attached hydrogens (tertiary/aromatic N) is 3. The molecule has 0 spiro atoms. The first kappa shape index (κ1) is 20.6. The minimum atomic E-state index is -0.679. The van der Waals surface area contributed by atoms with Crippen LogP contribution in [-0.4, -0.2) is 65.7 Å². The highest BCUT2D eigenvalue weighted by Gasteiger charge is 2.43. The Kier molecular flexibility index (Phi) is 5.00. The van der Waals surface area contributed by atoms with E-state index in [4.69, 9.17) is 4.74 Å². The first-order valence-electron chi connectivity index (χ1n) is 9.93. The molecule has 1 saturated heterocycles. The monoisotopic (exact) mass is 421 g/mol. The number of rotatable bonds is 4. The number of piperazine rings is 1. The average Bonchev–Trinajstić information content (AvgIpc) is 2.98. The molecule has 2 aromatic carbocycles. The third kappa shape index (κ3) is 3.54. The molecule has 0 unspecified atom stereocenters. The molecular formula is C23H23N3O5. The van der Waals surface area contributed by atoms with E-state index in [9.17, 15) is 19.2 Å². The van der Waals surface area contributed by atoms with Gasteiger partial charge in [-0.05, 0) is 50.2 Å². The van der Waals surface area contributed by atoms with Gasteiger partial charge in [-0.1, -0.05) is 12.1 Å². The fourth-order valence-corrected chi connectivity index (χ4v) is 4.18. The lowest BCUT2D eigenvalue weighted by Gasteiger charge is -2.46. The first-order valence-corrected chi connectivity index (χ1v) is 9.93. The van der Waals surface area contributed by atoms with E-state index < -0.39 is 29.8 Å². The van der Waals surface area contributed by atoms with Crippen molar-refractivity contribution in [2.75, 3.05) is 31.6 Å². The molecule has 4 rings (SSSR count). The molecule has 2 aromatic rings. The topological polar surface area (TPSA) is 87.2 Å². The average molecular weight is 421 g/mol. The van der Waals surface area contributed by atoms with Gasteiger partial charge in [-0.3, -0.25) is 24.1 Å². The van der Waals surface area contributed by atoms with E-state index in [0.717, 1.165) is 4.90 Å². The second-order valence-corrected chi connectivity index (χ2v) is 8.23. The SMILES string of the molecule is COc1ccc(N2C(=O)CN(C(=O)CN3C(=O)c4ccccc4C3=O)CC2(C)C)cc1. The fourth-order valence-electron chi connectivity index (χ4n) is 4.18. The van der Waals surface area contributed by atoms with Gasteiger partial charge in [0.25, 0.3) is 11.8 Å². The smallest absolute Gasteiger partial charge is 0.262 e. The first-order chi connectivity index (χ1) is 14.7. The fraction of sp³-hybridized carbons (Fsp3) is 0.304. The lowest BCUT2D eigenvalue weighted by atomic mass is 9.97. The maximum absolute atomic E-state index is 13.0. The van der Waals surface area contributed by atoms with E-state index in [2.05, 4.69) is 0 Å². The molecule has 0 aromatic heterocycles. The van der Waals surface area contributed by atoms with Crippen LogP contribution in [0.1, 0.15) is 34.6 Å². The molecular weight excluding hydrogens is 398 g/mol. The van der Waals surface area contributed by atoms with E-state index in [-0.39, 0.29) is 19.0 Å². The molecule has 2 heterocycles. The van der Waals surface area contributed by atoms with Gasteiger partial charge >= 0.3 is 0 Å². The van der Waals surface area contributed by atoms with Gasteiger partial charge in [-0.25, -0.2) is 0 Å². The van der Waals surface area contributed by atoms with E-state index >= 15 is 0 Å². The number of ether oxygens (including phenoxy) is 1. The maximum atomic E-state index is 13.0. The third-order valence-electron chi connectivity index (χ3n) is 5.61. The molecule has 0 atom stereocenters. The molecule has 0 aliphatic carbocycles. The summed E-state index contributed by atoms with van der Waals surface area (Å²) in [5, 5.41) is 0. The summed E-state index contributed by atoms with van der Waals surface area (Å²) >= 11 is 0. The van der Waals surface area contributed by atoms with Crippen molar-refractivity contribution in [3.63, 3.8) is 0 Å². The van der Waals surface area contributed by atoms with E-state index in [1.807, 2.05) is 13.8 Å². The zero-order chi connectivity index (χ0) is 22.3. The Labute approximate surface area is 180 Å². The zero-order valence-electron chi connectivity index (χ0n) is 17.6. The van der Waals surface area contributed by atoms with Crippen LogP contribution in [0.15, 0.2) is 48.5 Å². The highest BCUT2D eigenvalue weighted by molar-refractivity contribution is 6.22. The van der Waals surface area contributed by atoms with Gasteiger partial charge < -0.3 is 14.5 Å². The Hall–Kier alpha value is -3.68. The van der Waals surface area contributed by atoms with Crippen LogP contribution in [0.3, 0.4) is 0 Å². The van der Waals surface area contributed by atoms with Gasteiger partial charge in [0.15, 0.2) is 0 Å². The van der Waals surface area contributed by atoms with Crippen LogP contribution in [0.2, 0.25) is 0 Å². The predicted octanol–water partition coefficient (Wildman–Crippen LogP) is 1.95. The lowest BCUT2D eigenvalue weighted by molar-refractivity contribution is -0.139. The number of amides is 4. The summed E-state index contributed by atoms with van der Waals surface area (Å²) < 4.78 is 5.17. The molecule has 8 heteroatoms. The minimum Gasteiger partial charge on any atom is -0.497 e. The number of benzene rings is 2. The van der Waals surface area contributed by atoms with Crippen molar-refractivity contribution in [2.45, 2.75) is 19.4 Å². The highest BCUT2D eigenvalue weighted by Crippen LogP contribution is 2.30. The Morgan fingerprint density at radius 3 is 2.06 bits per heavy atom. The van der Waals surface area contributed by atoms with Crippen molar-refractivity contribution in [1.29, 1.82) is 0 Å². The molecule has 0 bridgehead atoms. The minimum absolute atomic E-state index is 0.128. The summed E-state index contributed by atoms with van der Waals surface area (Å²) in [5.41, 5.74) is 0.618. The van der Waals surface area contributed by atoms with Crippen LogP contribution >= 0.6 is 0 Å². The number of methoxy groups -OCH3 is 1. The summed E-state index contributed by atoms with van der Waals surface area (Å²) in [7, 11) is 1.57. The van der Waals surface area contributed by atoms with Crippen LogP contribution in [0, 0.1) is 0 Å². The van der Waals surface area contributed by atoms with Crippen LogP contribution in [0.4, 0.5) is 5.69 Å². The number of carbonyl (C=O) groups excluding carboxylic acids is 4. The second-order valence-electron chi connectivity index (χ2n) is 8.23. The van der Waals surface area contributed by atoms with Gasteiger partial charge in [-0.2, -0.15) is 0 Å². The van der Waals surface area contributed by atoms with Crippen molar-refractivity contribution in [2.24, 2.45) is 0 Å². The number of carbonyl (C=O) groups is 4. The van der Waals surface area contributed by atoms with Gasteiger partial charge in [0.05, 0.1) is 23.8 Å². The second kappa shape index (κ2) is 7.54. The normalized spacial score (nSPS) is 17.8. The quantitative estimate of drug-likeness (QED) is 0.705. The van der Waals surface area contributed by atoms with E-state index in [1.54, 1.807) is 60.5 Å². The Morgan fingerprint density at radius 1 is 0.968 bits per heavy atom. The van der Waals surface area contributed by atoms with E-state index in [1.165, 1.54) is 4.90 Å². The van der Waals surface area contributed by atoms with Gasteiger partial charge in [-0.15, -0.1) is 0 Å². The summed E-state index contributed by atoms with van der Waals surface area (Å²) in [6.07, 6.45) is 0. The highest BCUT2D eigenvalue weighted by atomic mass is 16.5. The summed E-state index contributed by atoms with van der Waals surface area (Å²) in [6, 6.07) is 13.6. The Morgan fingerprint density at radius 2 is 1.55 bits per heavy atom. The number of hydrogen-bond donors (Lipinski definition) is 0. The molecule has 31 heavy (non-hydrogen) atoms. The third-order valence-corrected chi connectivity index (χ3v) is 5.61. The van der Waals surface area contributed by atoms with Crippen molar-refractivity contribution >= 4 is 29.3 Å². The largest absolute Gasteiger partial charge is 0.497 e. The molecule has 1 fully saturated rings. The number of imide groups is 1. The summed E-state index contributed by atoms with van der Waals surface area (Å²) in [4.78, 5) is 55.1. The number of hydrogen-bond acceptors (Lipinski definition) is 5. The molecule has 2 aliphatic rings. The Bertz CT molecular complexity index is 1040. The lowest BCUT2D eigenvalue weighted by Crippen LogP contribution is -2.64. The van der Waals surface area contributed by atoms with E-state index in [0.29, 0.717) is 22.6 Å². The van der Waals surface area contributed by atoms with Gasteiger partial charge in [0.1, 0.15) is 18.8 Å². The van der Waals surface area contributed by atoms with Crippen LogP contribution in [-0.2, 0) is 9.59 Å². The molecule has 0 radical (unpaired) electrons. The molecule has 8 nitrogen and oxygen atoms in total.